The molecule has 3 atom stereocenters. The summed E-state index contributed by atoms with van der Waals surface area (Å²) in [6.45, 7) is 3.62. The van der Waals surface area contributed by atoms with Gasteiger partial charge in [-0.3, -0.25) is 14.7 Å². The van der Waals surface area contributed by atoms with Crippen LogP contribution in [0.25, 0.3) is 0 Å². The lowest BCUT2D eigenvalue weighted by atomic mass is 10.1. The highest BCUT2D eigenvalue weighted by Crippen LogP contribution is 2.39. The number of aryl methyl sites for hydroxylation is 1. The van der Waals surface area contributed by atoms with Crippen molar-refractivity contribution in [3.8, 4) is 0 Å². The van der Waals surface area contributed by atoms with Gasteiger partial charge in [-0.25, -0.2) is 0 Å². The van der Waals surface area contributed by atoms with E-state index >= 15 is 0 Å². The van der Waals surface area contributed by atoms with E-state index < -0.39 is 0 Å². The maximum Gasteiger partial charge on any atom is 0.253 e. The maximum absolute atomic E-state index is 12.7. The second-order valence-electron chi connectivity index (χ2n) is 7.66. The van der Waals surface area contributed by atoms with Crippen LogP contribution in [0.3, 0.4) is 0 Å². The number of likely N-dealkylation sites (tertiary alicyclic amines) is 1. The Balaban J connectivity index is 1.43. The van der Waals surface area contributed by atoms with Crippen LogP contribution in [0.15, 0.2) is 12.1 Å². The molecule has 1 unspecified atom stereocenters. The Morgan fingerprint density at radius 2 is 2.08 bits per heavy atom. The van der Waals surface area contributed by atoms with Crippen molar-refractivity contribution in [3.05, 3.63) is 29.1 Å². The van der Waals surface area contributed by atoms with Crippen LogP contribution < -0.4 is 5.32 Å². The third-order valence-corrected chi connectivity index (χ3v) is 5.81. The Labute approximate surface area is 143 Å². The number of pyridine rings is 1. The predicted molar refractivity (Wildman–Crippen MR) is 92.0 cm³/mol. The molecule has 5 nitrogen and oxygen atoms in total. The third kappa shape index (κ3) is 3.20. The summed E-state index contributed by atoms with van der Waals surface area (Å²) in [7, 11) is 0. The maximum atomic E-state index is 12.7. The molecule has 24 heavy (non-hydrogen) atoms. The number of aromatic nitrogens is 1. The van der Waals surface area contributed by atoms with Crippen LogP contribution in [-0.2, 0) is 0 Å². The Bertz CT molecular complexity index is 629. The summed E-state index contributed by atoms with van der Waals surface area (Å²) in [5, 5.41) is 13.0. The van der Waals surface area contributed by atoms with Gasteiger partial charge in [-0.1, -0.05) is 0 Å². The van der Waals surface area contributed by atoms with Crippen molar-refractivity contribution in [3.63, 3.8) is 0 Å². The van der Waals surface area contributed by atoms with Gasteiger partial charge in [0.15, 0.2) is 0 Å². The summed E-state index contributed by atoms with van der Waals surface area (Å²) in [5.41, 5.74) is 2.67. The van der Waals surface area contributed by atoms with Gasteiger partial charge in [-0.05, 0) is 57.6 Å². The molecule has 5 heteroatoms. The molecule has 2 N–H and O–H groups in total. The van der Waals surface area contributed by atoms with Crippen LogP contribution >= 0.6 is 0 Å². The number of aliphatic hydroxyl groups excluding tert-OH is 1. The van der Waals surface area contributed by atoms with Gasteiger partial charge < -0.3 is 10.4 Å². The average Bonchev–Trinajstić information content (AvgIpc) is 3.17. The molecule has 1 aliphatic heterocycles. The van der Waals surface area contributed by atoms with Gasteiger partial charge >= 0.3 is 0 Å². The summed E-state index contributed by atoms with van der Waals surface area (Å²) in [4.78, 5) is 19.7. The summed E-state index contributed by atoms with van der Waals surface area (Å²) < 4.78 is 0. The lowest BCUT2D eigenvalue weighted by Crippen LogP contribution is -2.48. The van der Waals surface area contributed by atoms with Gasteiger partial charge in [-0.2, -0.15) is 0 Å². The monoisotopic (exact) mass is 329 g/mol. The Morgan fingerprint density at radius 3 is 2.75 bits per heavy atom. The van der Waals surface area contributed by atoms with Crippen LogP contribution in [0.5, 0.6) is 0 Å². The SMILES string of the molecule is Cc1nc(C2CC2)ccc1C(=O)N[C@@H]1CCC[C@@H]1N1CCC(O)C1. The number of nitrogens with zero attached hydrogens (tertiary/aromatic N) is 2. The molecule has 0 spiro atoms. The highest BCUT2D eigenvalue weighted by atomic mass is 16.3. The van der Waals surface area contributed by atoms with E-state index in [2.05, 4.69) is 15.2 Å². The first kappa shape index (κ1) is 16.0. The predicted octanol–water partition coefficient (Wildman–Crippen LogP) is 1.98. The van der Waals surface area contributed by atoms with Gasteiger partial charge in [0, 0.05) is 36.8 Å². The Hall–Kier alpha value is -1.46. The molecule has 130 valence electrons. The lowest BCUT2D eigenvalue weighted by molar-refractivity contribution is 0.0904. The van der Waals surface area contributed by atoms with Gasteiger partial charge in [0.1, 0.15) is 0 Å². The summed E-state index contributed by atoms with van der Waals surface area (Å²) in [6.07, 6.45) is 6.37. The Morgan fingerprint density at radius 1 is 1.25 bits per heavy atom. The molecule has 1 aromatic rings. The first-order chi connectivity index (χ1) is 11.6. The number of rotatable bonds is 4. The van der Waals surface area contributed by atoms with Crippen LogP contribution in [-0.4, -0.2) is 52.2 Å². The van der Waals surface area contributed by atoms with E-state index in [4.69, 9.17) is 0 Å². The van der Waals surface area contributed by atoms with Gasteiger partial charge in [-0.15, -0.1) is 0 Å². The van der Waals surface area contributed by atoms with Crippen LogP contribution in [0.4, 0.5) is 0 Å². The second kappa shape index (κ2) is 6.45. The molecular weight excluding hydrogens is 302 g/mol. The standard InChI is InChI=1S/C19H27N3O2/c1-12-15(7-8-16(20-12)13-5-6-13)19(24)21-17-3-2-4-18(17)22-10-9-14(23)11-22/h7-8,13-14,17-18,23H,2-6,9-11H2,1H3,(H,21,24)/t14?,17-,18+/m1/s1. The van der Waals surface area contributed by atoms with Gasteiger partial charge in [0.25, 0.3) is 5.91 Å². The third-order valence-electron chi connectivity index (χ3n) is 5.81. The van der Waals surface area contributed by atoms with Crippen molar-refractivity contribution in [2.75, 3.05) is 13.1 Å². The molecule has 2 saturated carbocycles. The second-order valence-corrected chi connectivity index (χ2v) is 7.66. The molecule has 1 amide bonds. The average molecular weight is 329 g/mol. The molecule has 0 radical (unpaired) electrons. The minimum Gasteiger partial charge on any atom is -0.392 e. The highest BCUT2D eigenvalue weighted by molar-refractivity contribution is 5.95. The fourth-order valence-corrected chi connectivity index (χ4v) is 4.29. The topological polar surface area (TPSA) is 65.5 Å². The molecule has 3 fully saturated rings. The lowest BCUT2D eigenvalue weighted by Gasteiger charge is -2.29. The summed E-state index contributed by atoms with van der Waals surface area (Å²) in [6, 6.07) is 4.51. The van der Waals surface area contributed by atoms with Gasteiger partial charge in [0.05, 0.1) is 17.4 Å². The molecule has 2 heterocycles. The van der Waals surface area contributed by atoms with Crippen molar-refractivity contribution in [2.24, 2.45) is 0 Å². The molecule has 0 aromatic carbocycles. The van der Waals surface area contributed by atoms with E-state index in [9.17, 15) is 9.90 Å². The number of β-amino-alcohol motifs (C(OH)–C–C–N with tert-alkyl or cyclic N) is 1. The molecule has 4 rings (SSSR count). The summed E-state index contributed by atoms with van der Waals surface area (Å²) >= 11 is 0. The number of nitrogens with one attached hydrogen (secondary N) is 1. The molecule has 1 aromatic heterocycles. The number of carbonyl (C=O) groups is 1. The van der Waals surface area contributed by atoms with E-state index in [1.165, 1.54) is 12.8 Å². The van der Waals surface area contributed by atoms with Crippen molar-refractivity contribution < 1.29 is 9.90 Å². The first-order valence-electron chi connectivity index (χ1n) is 9.32. The largest absolute Gasteiger partial charge is 0.392 e. The van der Waals surface area contributed by atoms with Crippen molar-refractivity contribution in [2.45, 2.75) is 69.6 Å². The normalized spacial score (nSPS) is 30.7. The molecule has 1 saturated heterocycles. The quantitative estimate of drug-likeness (QED) is 0.886. The molecular formula is C19H27N3O2. The number of amides is 1. The van der Waals surface area contributed by atoms with E-state index in [1.807, 2.05) is 19.1 Å². The molecule has 0 bridgehead atoms. The minimum atomic E-state index is -0.205. The number of hydrogen-bond donors (Lipinski definition) is 2. The van der Waals surface area contributed by atoms with E-state index in [0.29, 0.717) is 17.5 Å². The van der Waals surface area contributed by atoms with Gasteiger partial charge in [0.2, 0.25) is 0 Å². The van der Waals surface area contributed by atoms with Crippen molar-refractivity contribution >= 4 is 5.91 Å². The minimum absolute atomic E-state index is 0.000933. The van der Waals surface area contributed by atoms with E-state index in [0.717, 1.165) is 50.2 Å². The highest BCUT2D eigenvalue weighted by Gasteiger charge is 2.36. The van der Waals surface area contributed by atoms with Crippen molar-refractivity contribution in [1.82, 2.24) is 15.2 Å². The Kier molecular flexibility index (Phi) is 4.31. The van der Waals surface area contributed by atoms with E-state index in [1.54, 1.807) is 0 Å². The fourth-order valence-electron chi connectivity index (χ4n) is 4.29. The van der Waals surface area contributed by atoms with Crippen LogP contribution in [0.1, 0.15) is 66.2 Å². The van der Waals surface area contributed by atoms with Crippen LogP contribution in [0.2, 0.25) is 0 Å². The zero-order chi connectivity index (χ0) is 16.7. The smallest absolute Gasteiger partial charge is 0.253 e. The van der Waals surface area contributed by atoms with E-state index in [-0.39, 0.29) is 18.1 Å². The fraction of sp³-hybridized carbons (Fsp3) is 0.684. The van der Waals surface area contributed by atoms with Crippen molar-refractivity contribution in [1.29, 1.82) is 0 Å². The zero-order valence-corrected chi connectivity index (χ0v) is 14.4. The molecule has 2 aliphatic carbocycles. The first-order valence-corrected chi connectivity index (χ1v) is 9.32. The van der Waals surface area contributed by atoms with Crippen LogP contribution in [0, 0.1) is 6.92 Å². The number of aliphatic hydroxyl groups is 1. The summed E-state index contributed by atoms with van der Waals surface area (Å²) in [5.74, 6) is 0.612. The number of hydrogen-bond acceptors (Lipinski definition) is 4. The number of carbonyl (C=O) groups excluding carboxylic acids is 1. The zero-order valence-electron chi connectivity index (χ0n) is 14.4. The molecule has 3 aliphatic rings.